The Bertz CT molecular complexity index is 786. The summed E-state index contributed by atoms with van der Waals surface area (Å²) in [5.74, 6) is -1.65. The van der Waals surface area contributed by atoms with Crippen molar-refractivity contribution in [3.05, 3.63) is 40.7 Å². The van der Waals surface area contributed by atoms with Crippen LogP contribution in [0.25, 0.3) is 0 Å². The van der Waals surface area contributed by atoms with E-state index in [0.29, 0.717) is 5.69 Å². The molecule has 1 heterocycles. The lowest BCUT2D eigenvalue weighted by molar-refractivity contribution is 0.0596. The van der Waals surface area contributed by atoms with Crippen molar-refractivity contribution in [2.75, 3.05) is 11.8 Å². The fourth-order valence-electron chi connectivity index (χ4n) is 1.57. The summed E-state index contributed by atoms with van der Waals surface area (Å²) < 4.78 is 44.6. The molecular formula is C12H11FN2O4S2. The summed E-state index contributed by atoms with van der Waals surface area (Å²) in [5.41, 5.74) is 0.393. The zero-order chi connectivity index (χ0) is 15.6. The molecule has 0 saturated heterocycles. The zero-order valence-corrected chi connectivity index (χ0v) is 12.7. The van der Waals surface area contributed by atoms with Gasteiger partial charge in [0.05, 0.1) is 18.4 Å². The highest BCUT2D eigenvalue weighted by molar-refractivity contribution is 7.93. The monoisotopic (exact) mass is 330 g/mol. The van der Waals surface area contributed by atoms with Gasteiger partial charge in [-0.3, -0.25) is 4.72 Å². The van der Waals surface area contributed by atoms with E-state index in [4.69, 9.17) is 0 Å². The zero-order valence-electron chi connectivity index (χ0n) is 11.1. The number of hydrogen-bond acceptors (Lipinski definition) is 6. The number of halogens is 1. The third-order valence-electron chi connectivity index (χ3n) is 2.48. The number of esters is 1. The predicted molar refractivity (Wildman–Crippen MR) is 75.4 cm³/mol. The molecule has 1 N–H and O–H groups in total. The van der Waals surface area contributed by atoms with Gasteiger partial charge in [-0.2, -0.15) is 0 Å². The van der Waals surface area contributed by atoms with Gasteiger partial charge in [0, 0.05) is 5.38 Å². The highest BCUT2D eigenvalue weighted by Gasteiger charge is 2.24. The Morgan fingerprint density at radius 3 is 2.71 bits per heavy atom. The lowest BCUT2D eigenvalue weighted by Crippen LogP contribution is -2.17. The Hall–Kier alpha value is -2.00. The Labute approximate surface area is 124 Å². The number of nitrogens with one attached hydrogen (secondary N) is 1. The third-order valence-corrected chi connectivity index (χ3v) is 4.86. The topological polar surface area (TPSA) is 85.4 Å². The van der Waals surface area contributed by atoms with Crippen LogP contribution in [-0.4, -0.2) is 26.5 Å². The number of benzene rings is 1. The molecule has 1 aromatic carbocycles. The van der Waals surface area contributed by atoms with Crippen LogP contribution in [0.3, 0.4) is 0 Å². The number of nitrogens with zero attached hydrogens (tertiary/aromatic N) is 1. The number of carbonyl (C=O) groups is 1. The van der Waals surface area contributed by atoms with Gasteiger partial charge in [0.25, 0.3) is 10.0 Å². The molecule has 0 unspecified atom stereocenters. The summed E-state index contributed by atoms with van der Waals surface area (Å²) in [7, 11) is -3.04. The van der Waals surface area contributed by atoms with Gasteiger partial charge in [0.1, 0.15) is 10.7 Å². The van der Waals surface area contributed by atoms with Crippen LogP contribution in [0.2, 0.25) is 0 Å². The van der Waals surface area contributed by atoms with Crippen molar-refractivity contribution in [3.63, 3.8) is 0 Å². The second-order valence-electron chi connectivity index (χ2n) is 4.03. The number of thiazole rings is 1. The molecule has 21 heavy (non-hydrogen) atoms. The van der Waals surface area contributed by atoms with E-state index >= 15 is 0 Å². The van der Waals surface area contributed by atoms with Gasteiger partial charge in [-0.15, -0.1) is 11.3 Å². The number of anilines is 1. The van der Waals surface area contributed by atoms with Gasteiger partial charge in [-0.25, -0.2) is 22.6 Å². The Balaban J connectivity index is 2.48. The van der Waals surface area contributed by atoms with Crippen LogP contribution in [0.1, 0.15) is 16.1 Å². The lowest BCUT2D eigenvalue weighted by atomic mass is 10.2. The third kappa shape index (κ3) is 3.37. The molecule has 0 atom stereocenters. The van der Waals surface area contributed by atoms with Crippen molar-refractivity contribution in [2.24, 2.45) is 0 Å². The second kappa shape index (κ2) is 5.78. The standard InChI is InChI=1S/C12H11FN2O4S2/c1-7-6-20-12(14-7)15-21(17,18)10-5-8(13)3-4-9(10)11(16)19-2/h3-6H,1-2H3,(H,14,15). The maximum Gasteiger partial charge on any atom is 0.339 e. The molecule has 0 aliphatic rings. The SMILES string of the molecule is COC(=O)c1ccc(F)cc1S(=O)(=O)Nc1nc(C)cs1. The van der Waals surface area contributed by atoms with Crippen LogP contribution in [-0.2, 0) is 14.8 Å². The maximum absolute atomic E-state index is 13.3. The molecule has 0 aliphatic heterocycles. The Morgan fingerprint density at radius 1 is 1.43 bits per heavy atom. The fourth-order valence-corrected chi connectivity index (χ4v) is 3.72. The molecule has 0 bridgehead atoms. The van der Waals surface area contributed by atoms with E-state index in [1.165, 1.54) is 0 Å². The molecule has 0 spiro atoms. The molecule has 0 aliphatic carbocycles. The van der Waals surface area contributed by atoms with Gasteiger partial charge in [-0.05, 0) is 25.1 Å². The number of rotatable bonds is 4. The first-order valence-electron chi connectivity index (χ1n) is 5.66. The Morgan fingerprint density at radius 2 is 2.14 bits per heavy atom. The Kier molecular flexibility index (Phi) is 4.24. The smallest absolute Gasteiger partial charge is 0.339 e. The van der Waals surface area contributed by atoms with E-state index in [9.17, 15) is 17.6 Å². The highest BCUT2D eigenvalue weighted by Crippen LogP contribution is 2.23. The summed E-state index contributed by atoms with van der Waals surface area (Å²) in [6, 6.07) is 2.80. The summed E-state index contributed by atoms with van der Waals surface area (Å²) in [6.07, 6.45) is 0. The molecule has 112 valence electrons. The first kappa shape index (κ1) is 15.4. The lowest BCUT2D eigenvalue weighted by Gasteiger charge is -2.09. The van der Waals surface area contributed by atoms with Crippen molar-refractivity contribution in [1.82, 2.24) is 4.98 Å². The molecule has 2 rings (SSSR count). The molecule has 0 amide bonds. The predicted octanol–water partition coefficient (Wildman–Crippen LogP) is 2.18. The largest absolute Gasteiger partial charge is 0.465 e. The highest BCUT2D eigenvalue weighted by atomic mass is 32.2. The van der Waals surface area contributed by atoms with Crippen LogP contribution in [0, 0.1) is 12.7 Å². The van der Waals surface area contributed by atoms with Gasteiger partial charge in [0.2, 0.25) is 0 Å². The van der Waals surface area contributed by atoms with Gasteiger partial charge in [0.15, 0.2) is 5.13 Å². The van der Waals surface area contributed by atoms with Crippen molar-refractivity contribution in [2.45, 2.75) is 11.8 Å². The van der Waals surface area contributed by atoms with Crippen molar-refractivity contribution < 1.29 is 22.3 Å². The van der Waals surface area contributed by atoms with Crippen LogP contribution in [0.4, 0.5) is 9.52 Å². The number of carbonyl (C=O) groups excluding carboxylic acids is 1. The average Bonchev–Trinajstić information content (AvgIpc) is 2.82. The van der Waals surface area contributed by atoms with Crippen LogP contribution in [0.15, 0.2) is 28.5 Å². The fraction of sp³-hybridized carbons (Fsp3) is 0.167. The summed E-state index contributed by atoms with van der Waals surface area (Å²) in [4.78, 5) is 15.1. The molecule has 1 aromatic heterocycles. The second-order valence-corrected chi connectivity index (χ2v) is 6.54. The first-order valence-corrected chi connectivity index (χ1v) is 8.02. The van der Waals surface area contributed by atoms with Crippen molar-refractivity contribution in [1.29, 1.82) is 0 Å². The normalized spacial score (nSPS) is 11.2. The first-order chi connectivity index (χ1) is 9.83. The molecule has 9 heteroatoms. The number of ether oxygens (including phenoxy) is 1. The summed E-state index contributed by atoms with van der Waals surface area (Å²) in [6.45, 7) is 1.70. The van der Waals surface area contributed by atoms with Crippen molar-refractivity contribution >= 4 is 32.5 Å². The number of hydrogen-bond donors (Lipinski definition) is 1. The molecule has 0 fully saturated rings. The van der Waals surface area contributed by atoms with Crippen LogP contribution < -0.4 is 4.72 Å². The molecule has 2 aromatic rings. The van der Waals surface area contributed by atoms with E-state index in [-0.39, 0.29) is 10.7 Å². The van der Waals surface area contributed by atoms with Crippen molar-refractivity contribution in [3.8, 4) is 0 Å². The van der Waals surface area contributed by atoms with E-state index in [1.807, 2.05) is 0 Å². The van der Waals surface area contributed by atoms with E-state index in [0.717, 1.165) is 36.6 Å². The van der Waals surface area contributed by atoms with Crippen LogP contribution >= 0.6 is 11.3 Å². The average molecular weight is 330 g/mol. The molecular weight excluding hydrogens is 319 g/mol. The van der Waals surface area contributed by atoms with Gasteiger partial charge < -0.3 is 4.74 Å². The number of aryl methyl sites for hydroxylation is 1. The molecule has 6 nitrogen and oxygen atoms in total. The minimum atomic E-state index is -4.15. The summed E-state index contributed by atoms with van der Waals surface area (Å²) in [5, 5.41) is 1.79. The van der Waals surface area contributed by atoms with E-state index in [2.05, 4.69) is 14.4 Å². The minimum Gasteiger partial charge on any atom is -0.465 e. The van der Waals surface area contributed by atoms with E-state index in [1.54, 1.807) is 12.3 Å². The number of sulfonamides is 1. The summed E-state index contributed by atoms with van der Waals surface area (Å²) >= 11 is 1.08. The van der Waals surface area contributed by atoms with E-state index < -0.39 is 26.7 Å². The minimum absolute atomic E-state index is 0.132. The number of aromatic nitrogens is 1. The molecule has 0 radical (unpaired) electrons. The van der Waals surface area contributed by atoms with Crippen LogP contribution in [0.5, 0.6) is 0 Å². The van der Waals surface area contributed by atoms with Gasteiger partial charge >= 0.3 is 5.97 Å². The number of methoxy groups -OCH3 is 1. The quantitative estimate of drug-likeness (QED) is 0.869. The van der Waals surface area contributed by atoms with Gasteiger partial charge in [-0.1, -0.05) is 0 Å². The molecule has 0 saturated carbocycles. The maximum atomic E-state index is 13.3.